The molecule has 0 saturated carbocycles. The molecule has 2 amide bonds. The van der Waals surface area contributed by atoms with Gasteiger partial charge in [-0.2, -0.15) is 0 Å². The molecule has 2 aromatic rings. The highest BCUT2D eigenvalue weighted by Crippen LogP contribution is 2.28. The number of carbonyl (C=O) groups is 2. The fraction of sp³-hybridized carbons (Fsp3) is 0.565. The van der Waals surface area contributed by atoms with E-state index in [1.165, 1.54) is 22.3 Å². The summed E-state index contributed by atoms with van der Waals surface area (Å²) >= 11 is 1.82. The Morgan fingerprint density at radius 1 is 1.27 bits per heavy atom. The number of thiophene rings is 1. The lowest BCUT2D eigenvalue weighted by Gasteiger charge is -2.31. The number of aryl methyl sites for hydroxylation is 1. The number of amides is 2. The summed E-state index contributed by atoms with van der Waals surface area (Å²) in [5.74, 6) is 0.357. The molecular formula is C23H32N6O3S. The van der Waals surface area contributed by atoms with Crippen LogP contribution >= 0.6 is 11.3 Å². The molecule has 10 heteroatoms. The fourth-order valence-electron chi connectivity index (χ4n) is 4.43. The van der Waals surface area contributed by atoms with Gasteiger partial charge < -0.3 is 20.6 Å². The molecule has 9 nitrogen and oxygen atoms in total. The van der Waals surface area contributed by atoms with E-state index in [4.69, 9.17) is 0 Å². The maximum absolute atomic E-state index is 12.6. The minimum Gasteiger partial charge on any atom is -0.390 e. The summed E-state index contributed by atoms with van der Waals surface area (Å²) in [5.41, 5.74) is 2.97. The van der Waals surface area contributed by atoms with Crippen molar-refractivity contribution in [3.63, 3.8) is 0 Å². The number of hydrogen-bond acceptors (Lipinski definition) is 8. The zero-order chi connectivity index (χ0) is 23.4. The highest BCUT2D eigenvalue weighted by Gasteiger charge is 2.23. The Morgan fingerprint density at radius 2 is 2.06 bits per heavy atom. The number of aliphatic hydroxyl groups excluding tert-OH is 1. The standard InChI is InChI=1S/C23H32N6O3S/c1-15-13-33-21-5-6-28(12-19(15)21)11-18(31)10-24-23(32)20-9-22(26-14-25-20)27-17-3-7-29(8-4-17)16(2)30/h9,13-14,17-18,31H,3-8,10-12H2,1-2H3,(H,24,32)(H,25,26,27)/t18-/m0/s1. The van der Waals surface area contributed by atoms with Gasteiger partial charge in [-0.05, 0) is 42.7 Å². The number of nitrogens with zero attached hydrogens (tertiary/aromatic N) is 4. The summed E-state index contributed by atoms with van der Waals surface area (Å²) in [5, 5.41) is 18.8. The van der Waals surface area contributed by atoms with Gasteiger partial charge in [0.05, 0.1) is 6.10 Å². The number of nitrogens with one attached hydrogen (secondary N) is 2. The number of hydrogen-bond donors (Lipinski definition) is 3. The van der Waals surface area contributed by atoms with Crippen LogP contribution in [0.15, 0.2) is 17.8 Å². The van der Waals surface area contributed by atoms with Crippen molar-refractivity contribution in [2.24, 2.45) is 0 Å². The third-order valence-electron chi connectivity index (χ3n) is 6.39. The van der Waals surface area contributed by atoms with Crippen LogP contribution in [-0.4, -0.2) is 81.6 Å². The lowest BCUT2D eigenvalue weighted by Crippen LogP contribution is -2.42. The smallest absolute Gasteiger partial charge is 0.270 e. The molecule has 1 saturated heterocycles. The van der Waals surface area contributed by atoms with E-state index < -0.39 is 6.10 Å². The minimum atomic E-state index is -0.652. The van der Waals surface area contributed by atoms with Crippen LogP contribution < -0.4 is 10.6 Å². The number of carbonyl (C=O) groups excluding carboxylic acids is 2. The molecule has 0 spiro atoms. The maximum atomic E-state index is 12.6. The first-order valence-corrected chi connectivity index (χ1v) is 12.4. The van der Waals surface area contributed by atoms with E-state index in [0.29, 0.717) is 25.5 Å². The van der Waals surface area contributed by atoms with Crippen LogP contribution in [0.5, 0.6) is 0 Å². The quantitative estimate of drug-likeness (QED) is 0.559. The zero-order valence-corrected chi connectivity index (χ0v) is 20.0. The van der Waals surface area contributed by atoms with Crippen LogP contribution in [0.2, 0.25) is 0 Å². The molecule has 2 aliphatic rings. The molecular weight excluding hydrogens is 440 g/mol. The fourth-order valence-corrected chi connectivity index (χ4v) is 5.47. The van der Waals surface area contributed by atoms with E-state index in [0.717, 1.165) is 32.4 Å². The SMILES string of the molecule is CC(=O)N1CCC(Nc2cc(C(=O)NC[C@H](O)CN3CCc4scc(C)c4C3)ncn2)CC1. The van der Waals surface area contributed by atoms with Gasteiger partial charge in [-0.25, -0.2) is 9.97 Å². The van der Waals surface area contributed by atoms with E-state index >= 15 is 0 Å². The van der Waals surface area contributed by atoms with E-state index in [1.807, 2.05) is 16.2 Å². The second-order valence-electron chi connectivity index (χ2n) is 8.88. The van der Waals surface area contributed by atoms with Gasteiger partial charge in [0, 0.05) is 63.2 Å². The first kappa shape index (κ1) is 23.6. The van der Waals surface area contributed by atoms with Gasteiger partial charge in [0.25, 0.3) is 5.91 Å². The van der Waals surface area contributed by atoms with Gasteiger partial charge in [-0.3, -0.25) is 14.5 Å². The normalized spacial score (nSPS) is 18.0. The van der Waals surface area contributed by atoms with E-state index in [2.05, 4.69) is 37.8 Å². The Morgan fingerprint density at radius 3 is 2.82 bits per heavy atom. The monoisotopic (exact) mass is 472 g/mol. The van der Waals surface area contributed by atoms with Crippen LogP contribution in [0.4, 0.5) is 5.82 Å². The lowest BCUT2D eigenvalue weighted by atomic mass is 10.1. The summed E-state index contributed by atoms with van der Waals surface area (Å²) in [6, 6.07) is 1.83. The van der Waals surface area contributed by atoms with Gasteiger partial charge >= 0.3 is 0 Å². The minimum absolute atomic E-state index is 0.100. The van der Waals surface area contributed by atoms with Crippen molar-refractivity contribution in [2.45, 2.75) is 51.8 Å². The summed E-state index contributed by atoms with van der Waals surface area (Å²) < 4.78 is 0. The Labute approximate surface area is 198 Å². The summed E-state index contributed by atoms with van der Waals surface area (Å²) in [4.78, 5) is 37.9. The molecule has 1 atom stereocenters. The van der Waals surface area contributed by atoms with E-state index in [9.17, 15) is 14.7 Å². The molecule has 33 heavy (non-hydrogen) atoms. The second kappa shape index (κ2) is 10.6. The summed E-state index contributed by atoms with van der Waals surface area (Å²) in [6.07, 6.45) is 3.39. The molecule has 0 unspecified atom stereocenters. The Bertz CT molecular complexity index is 988. The molecule has 178 valence electrons. The zero-order valence-electron chi connectivity index (χ0n) is 19.2. The Hall–Kier alpha value is -2.56. The summed E-state index contributed by atoms with van der Waals surface area (Å²) in [7, 11) is 0. The molecule has 3 N–H and O–H groups in total. The average Bonchev–Trinajstić information content (AvgIpc) is 3.18. The van der Waals surface area contributed by atoms with Crippen LogP contribution in [0.25, 0.3) is 0 Å². The average molecular weight is 473 g/mol. The van der Waals surface area contributed by atoms with Crippen LogP contribution in [-0.2, 0) is 17.8 Å². The number of fused-ring (bicyclic) bond motifs is 1. The topological polar surface area (TPSA) is 111 Å². The van der Waals surface area contributed by atoms with Crippen molar-refractivity contribution in [1.82, 2.24) is 25.1 Å². The molecule has 4 rings (SSSR count). The number of aromatic nitrogens is 2. The molecule has 1 fully saturated rings. The third-order valence-corrected chi connectivity index (χ3v) is 7.59. The number of β-amino-alcohol motifs (C(OH)–C–C–N with tert-alkyl or cyclic N) is 1. The number of anilines is 1. The van der Waals surface area contributed by atoms with Gasteiger partial charge in [0.1, 0.15) is 17.8 Å². The first-order chi connectivity index (χ1) is 15.9. The summed E-state index contributed by atoms with van der Waals surface area (Å²) in [6.45, 7) is 7.61. The first-order valence-electron chi connectivity index (χ1n) is 11.5. The maximum Gasteiger partial charge on any atom is 0.270 e. The van der Waals surface area contributed by atoms with Crippen LogP contribution in [0.1, 0.15) is 46.3 Å². The second-order valence-corrected chi connectivity index (χ2v) is 9.85. The molecule has 0 bridgehead atoms. The molecule has 0 radical (unpaired) electrons. The largest absolute Gasteiger partial charge is 0.390 e. The van der Waals surface area contributed by atoms with Crippen molar-refractivity contribution in [3.05, 3.63) is 39.5 Å². The van der Waals surface area contributed by atoms with Crippen LogP contribution in [0.3, 0.4) is 0 Å². The van der Waals surface area contributed by atoms with Crippen molar-refractivity contribution >= 4 is 29.0 Å². The molecule has 0 aliphatic carbocycles. The third kappa shape index (κ3) is 6.07. The molecule has 2 aromatic heterocycles. The predicted octanol–water partition coefficient (Wildman–Crippen LogP) is 1.42. The highest BCUT2D eigenvalue weighted by atomic mass is 32.1. The van der Waals surface area contributed by atoms with Gasteiger partial charge in [0.2, 0.25) is 5.91 Å². The number of piperidine rings is 1. The number of likely N-dealkylation sites (tertiary alicyclic amines) is 1. The Kier molecular flexibility index (Phi) is 7.56. The van der Waals surface area contributed by atoms with E-state index in [1.54, 1.807) is 13.0 Å². The lowest BCUT2D eigenvalue weighted by molar-refractivity contribution is -0.129. The van der Waals surface area contributed by atoms with Crippen molar-refractivity contribution in [3.8, 4) is 0 Å². The van der Waals surface area contributed by atoms with Crippen LogP contribution in [0, 0.1) is 6.92 Å². The molecule has 4 heterocycles. The van der Waals surface area contributed by atoms with Gasteiger partial charge in [-0.1, -0.05) is 0 Å². The number of rotatable bonds is 7. The molecule has 2 aliphatic heterocycles. The molecule has 0 aromatic carbocycles. The van der Waals surface area contributed by atoms with Crippen molar-refractivity contribution in [2.75, 3.05) is 38.0 Å². The Balaban J connectivity index is 1.23. The predicted molar refractivity (Wildman–Crippen MR) is 127 cm³/mol. The van der Waals surface area contributed by atoms with E-state index in [-0.39, 0.29) is 30.1 Å². The number of aliphatic hydroxyl groups is 1. The highest BCUT2D eigenvalue weighted by molar-refractivity contribution is 7.10. The van der Waals surface area contributed by atoms with Gasteiger partial charge in [-0.15, -0.1) is 11.3 Å². The van der Waals surface area contributed by atoms with Crippen molar-refractivity contribution < 1.29 is 14.7 Å². The van der Waals surface area contributed by atoms with Gasteiger partial charge in [0.15, 0.2) is 0 Å². The van der Waals surface area contributed by atoms with Crippen molar-refractivity contribution in [1.29, 1.82) is 0 Å².